The van der Waals surface area contributed by atoms with Crippen LogP contribution in [0.15, 0.2) is 30.3 Å². The number of carbonyl (C=O) groups is 2. The van der Waals surface area contributed by atoms with Gasteiger partial charge in [-0.15, -0.1) is 0 Å². The summed E-state index contributed by atoms with van der Waals surface area (Å²) in [4.78, 5) is 29.0. The number of nitrogens with zero attached hydrogens (tertiary/aromatic N) is 2. The second-order valence-corrected chi connectivity index (χ2v) is 8.39. The first kappa shape index (κ1) is 17.5. The number of hydrogen-bond acceptors (Lipinski definition) is 3. The highest BCUT2D eigenvalue weighted by Crippen LogP contribution is 2.39. The molecule has 1 aromatic carbocycles. The van der Waals surface area contributed by atoms with E-state index in [4.69, 9.17) is 0 Å². The van der Waals surface area contributed by atoms with Crippen LogP contribution in [0.5, 0.6) is 0 Å². The molecule has 1 aromatic rings. The van der Waals surface area contributed by atoms with Crippen molar-refractivity contribution < 1.29 is 9.59 Å². The van der Waals surface area contributed by atoms with Crippen molar-refractivity contribution in [3.8, 4) is 0 Å². The van der Waals surface area contributed by atoms with Crippen LogP contribution in [-0.2, 0) is 16.1 Å². The molecule has 1 unspecified atom stereocenters. The Kier molecular flexibility index (Phi) is 4.98. The maximum atomic E-state index is 12.5. The number of piperidine rings is 2. The Morgan fingerprint density at radius 2 is 1.96 bits per heavy atom. The van der Waals surface area contributed by atoms with Crippen LogP contribution in [0.25, 0.3) is 0 Å². The maximum Gasteiger partial charge on any atom is 0.234 e. The molecule has 2 amide bonds. The van der Waals surface area contributed by atoms with Gasteiger partial charge in [-0.3, -0.25) is 14.5 Å². The highest BCUT2D eigenvalue weighted by atomic mass is 16.2. The van der Waals surface area contributed by atoms with Crippen LogP contribution in [0.3, 0.4) is 0 Å². The molecule has 0 radical (unpaired) electrons. The minimum absolute atomic E-state index is 0.154. The van der Waals surface area contributed by atoms with E-state index in [1.165, 1.54) is 5.56 Å². The standard InChI is InChI=1S/C21H29N3O2/c25-19(22-18-7-8-18)14-23-12-4-10-21(15-23)11-9-20(26)24(16-21)13-17-5-2-1-3-6-17/h1-3,5-6,18H,4,7-16H2,(H,22,25). The fraction of sp³-hybridized carbons (Fsp3) is 0.619. The average molecular weight is 355 g/mol. The summed E-state index contributed by atoms with van der Waals surface area (Å²) in [6.07, 6.45) is 6.13. The zero-order valence-corrected chi connectivity index (χ0v) is 15.5. The van der Waals surface area contributed by atoms with Gasteiger partial charge in [0.15, 0.2) is 0 Å². The molecule has 5 heteroatoms. The van der Waals surface area contributed by atoms with Crippen molar-refractivity contribution in [2.75, 3.05) is 26.2 Å². The first-order valence-electron chi connectivity index (χ1n) is 9.95. The van der Waals surface area contributed by atoms with Gasteiger partial charge in [0.1, 0.15) is 0 Å². The fourth-order valence-electron chi connectivity index (χ4n) is 4.53. The van der Waals surface area contributed by atoms with Gasteiger partial charge in [-0.05, 0) is 44.2 Å². The van der Waals surface area contributed by atoms with Crippen LogP contribution in [0.2, 0.25) is 0 Å². The van der Waals surface area contributed by atoms with Crippen molar-refractivity contribution in [1.82, 2.24) is 15.1 Å². The van der Waals surface area contributed by atoms with Crippen LogP contribution in [0.4, 0.5) is 0 Å². The number of rotatable bonds is 5. The largest absolute Gasteiger partial charge is 0.352 e. The number of benzene rings is 1. The lowest BCUT2D eigenvalue weighted by atomic mass is 9.73. The lowest BCUT2D eigenvalue weighted by Gasteiger charge is -2.48. The Morgan fingerprint density at radius 3 is 2.73 bits per heavy atom. The van der Waals surface area contributed by atoms with Crippen LogP contribution in [0, 0.1) is 5.41 Å². The Morgan fingerprint density at radius 1 is 1.15 bits per heavy atom. The van der Waals surface area contributed by atoms with Gasteiger partial charge in [0, 0.05) is 37.5 Å². The van der Waals surface area contributed by atoms with E-state index in [1.807, 2.05) is 23.1 Å². The van der Waals surface area contributed by atoms with Crippen LogP contribution in [0.1, 0.15) is 44.1 Å². The lowest BCUT2D eigenvalue weighted by Crippen LogP contribution is -2.55. The summed E-state index contributed by atoms with van der Waals surface area (Å²) in [6.45, 7) is 3.95. The van der Waals surface area contributed by atoms with E-state index < -0.39 is 0 Å². The topological polar surface area (TPSA) is 52.7 Å². The van der Waals surface area contributed by atoms with E-state index in [9.17, 15) is 9.59 Å². The zero-order chi connectivity index (χ0) is 18.0. The predicted octanol–water partition coefficient (Wildman–Crippen LogP) is 2.17. The molecular formula is C21H29N3O2. The van der Waals surface area contributed by atoms with Gasteiger partial charge >= 0.3 is 0 Å². The molecule has 2 heterocycles. The molecule has 26 heavy (non-hydrogen) atoms. The summed E-state index contributed by atoms with van der Waals surface area (Å²) in [6, 6.07) is 10.7. The quantitative estimate of drug-likeness (QED) is 0.881. The molecule has 2 saturated heterocycles. The molecule has 1 atom stereocenters. The van der Waals surface area contributed by atoms with Crippen molar-refractivity contribution in [2.45, 2.75) is 51.1 Å². The number of amides is 2. The van der Waals surface area contributed by atoms with Crippen molar-refractivity contribution >= 4 is 11.8 Å². The zero-order valence-electron chi connectivity index (χ0n) is 15.5. The third-order valence-corrected chi connectivity index (χ3v) is 6.01. The molecule has 5 nitrogen and oxygen atoms in total. The fourth-order valence-corrected chi connectivity index (χ4v) is 4.53. The van der Waals surface area contributed by atoms with E-state index in [2.05, 4.69) is 22.3 Å². The van der Waals surface area contributed by atoms with Gasteiger partial charge in [-0.1, -0.05) is 30.3 Å². The van der Waals surface area contributed by atoms with Gasteiger partial charge in [-0.2, -0.15) is 0 Å². The summed E-state index contributed by atoms with van der Waals surface area (Å²) in [7, 11) is 0. The Balaban J connectivity index is 1.38. The highest BCUT2D eigenvalue weighted by molar-refractivity contribution is 5.79. The first-order valence-corrected chi connectivity index (χ1v) is 9.95. The Hall–Kier alpha value is -1.88. The number of hydrogen-bond donors (Lipinski definition) is 1. The first-order chi connectivity index (χ1) is 12.6. The Bertz CT molecular complexity index is 658. The highest BCUT2D eigenvalue weighted by Gasteiger charge is 2.42. The van der Waals surface area contributed by atoms with Crippen molar-refractivity contribution in [3.63, 3.8) is 0 Å². The average Bonchev–Trinajstić information content (AvgIpc) is 3.43. The summed E-state index contributed by atoms with van der Waals surface area (Å²) < 4.78 is 0. The van der Waals surface area contributed by atoms with E-state index in [0.717, 1.165) is 51.7 Å². The molecular weight excluding hydrogens is 326 g/mol. The van der Waals surface area contributed by atoms with Crippen molar-refractivity contribution in [2.24, 2.45) is 5.41 Å². The number of carbonyl (C=O) groups excluding carboxylic acids is 2. The number of likely N-dealkylation sites (tertiary alicyclic amines) is 2. The van der Waals surface area contributed by atoms with Crippen LogP contribution < -0.4 is 5.32 Å². The van der Waals surface area contributed by atoms with Gasteiger partial charge in [0.2, 0.25) is 11.8 Å². The monoisotopic (exact) mass is 355 g/mol. The van der Waals surface area contributed by atoms with E-state index in [-0.39, 0.29) is 17.2 Å². The molecule has 0 bridgehead atoms. The third kappa shape index (κ3) is 4.26. The van der Waals surface area contributed by atoms with Crippen LogP contribution >= 0.6 is 0 Å². The molecule has 1 N–H and O–H groups in total. The van der Waals surface area contributed by atoms with Crippen LogP contribution in [-0.4, -0.2) is 53.8 Å². The Labute approximate surface area is 155 Å². The normalized spacial score (nSPS) is 26.9. The summed E-state index contributed by atoms with van der Waals surface area (Å²) >= 11 is 0. The van der Waals surface area contributed by atoms with Gasteiger partial charge in [-0.25, -0.2) is 0 Å². The minimum Gasteiger partial charge on any atom is -0.352 e. The van der Waals surface area contributed by atoms with Gasteiger partial charge in [0.25, 0.3) is 0 Å². The van der Waals surface area contributed by atoms with E-state index in [1.54, 1.807) is 0 Å². The molecule has 3 aliphatic rings. The molecule has 1 spiro atoms. The summed E-state index contributed by atoms with van der Waals surface area (Å²) in [5.41, 5.74) is 1.34. The SMILES string of the molecule is O=C(CN1CCCC2(CCC(=O)N(Cc3ccccc3)C2)C1)NC1CC1. The second kappa shape index (κ2) is 7.39. The molecule has 3 fully saturated rings. The van der Waals surface area contributed by atoms with Crippen molar-refractivity contribution in [3.05, 3.63) is 35.9 Å². The van der Waals surface area contributed by atoms with E-state index in [0.29, 0.717) is 25.6 Å². The van der Waals surface area contributed by atoms with E-state index >= 15 is 0 Å². The minimum atomic E-state index is 0.154. The smallest absolute Gasteiger partial charge is 0.234 e. The molecule has 2 aliphatic heterocycles. The summed E-state index contributed by atoms with van der Waals surface area (Å²) in [5, 5.41) is 3.10. The molecule has 140 valence electrons. The van der Waals surface area contributed by atoms with Crippen molar-refractivity contribution in [1.29, 1.82) is 0 Å². The van der Waals surface area contributed by atoms with Gasteiger partial charge < -0.3 is 10.2 Å². The predicted molar refractivity (Wildman–Crippen MR) is 100 cm³/mol. The summed E-state index contributed by atoms with van der Waals surface area (Å²) in [5.74, 6) is 0.431. The maximum absolute atomic E-state index is 12.5. The second-order valence-electron chi connectivity index (χ2n) is 8.39. The lowest BCUT2D eigenvalue weighted by molar-refractivity contribution is -0.141. The molecule has 4 rings (SSSR count). The molecule has 0 aromatic heterocycles. The molecule has 1 saturated carbocycles. The molecule has 1 aliphatic carbocycles. The van der Waals surface area contributed by atoms with Gasteiger partial charge in [0.05, 0.1) is 6.54 Å². The number of nitrogens with one attached hydrogen (secondary N) is 1. The third-order valence-electron chi connectivity index (χ3n) is 6.01.